The quantitative estimate of drug-likeness (QED) is 0.203. The fourth-order valence-corrected chi connectivity index (χ4v) is 9.81. The van der Waals surface area contributed by atoms with Crippen LogP contribution in [-0.4, -0.2) is 102 Å². The molecule has 0 amide bonds. The van der Waals surface area contributed by atoms with E-state index >= 15 is 0 Å². The van der Waals surface area contributed by atoms with Gasteiger partial charge in [-0.3, -0.25) is 0 Å². The molecule has 0 saturated heterocycles. The number of rotatable bonds is 22. The maximum absolute atomic E-state index is 11.0. The van der Waals surface area contributed by atoms with E-state index in [4.69, 9.17) is 39.8 Å². The minimum Gasteiger partial charge on any atom is -0.393 e. The predicted molar refractivity (Wildman–Crippen MR) is 137 cm³/mol. The Morgan fingerprint density at radius 2 is 0.706 bits per heavy atom. The van der Waals surface area contributed by atoms with E-state index < -0.39 is 32.5 Å². The Morgan fingerprint density at radius 1 is 0.500 bits per heavy atom. The van der Waals surface area contributed by atoms with Crippen LogP contribution in [0, 0.1) is 5.41 Å². The van der Waals surface area contributed by atoms with Crippen molar-refractivity contribution in [2.24, 2.45) is 5.41 Å². The Morgan fingerprint density at radius 3 is 0.853 bits per heavy atom. The van der Waals surface area contributed by atoms with Crippen LogP contribution in [0.4, 0.5) is 0 Å². The summed E-state index contributed by atoms with van der Waals surface area (Å²) < 4.78 is 50.3. The first kappa shape index (κ1) is 34.3. The van der Waals surface area contributed by atoms with Gasteiger partial charge in [-0.05, 0) is 50.9 Å². The first-order valence-corrected chi connectivity index (χ1v) is 17.6. The van der Waals surface area contributed by atoms with Crippen LogP contribution in [0.15, 0.2) is 0 Å². The van der Waals surface area contributed by atoms with Gasteiger partial charge in [0.25, 0.3) is 0 Å². The fraction of sp³-hybridized carbons (Fsp3) is 1.00. The number of hydrogen-bond acceptors (Lipinski definition) is 10. The summed E-state index contributed by atoms with van der Waals surface area (Å²) in [6, 6.07) is 2.01. The first-order valence-electron chi connectivity index (χ1n) is 11.8. The zero-order valence-electron chi connectivity index (χ0n) is 23.1. The SMILES string of the molecule is CO[Si](CCCC(CCC[Si](OC)(OC)OC)(CCC[Si](OC)(OC)OC)C(C)O)(OC)OC. The molecule has 206 valence electrons. The van der Waals surface area contributed by atoms with Gasteiger partial charge >= 0.3 is 26.4 Å². The zero-order valence-corrected chi connectivity index (χ0v) is 26.1. The van der Waals surface area contributed by atoms with Gasteiger partial charge in [0, 0.05) is 82.1 Å². The van der Waals surface area contributed by atoms with Gasteiger partial charge in [0.1, 0.15) is 0 Å². The third-order valence-corrected chi connectivity index (χ3v) is 15.7. The molecule has 1 atom stereocenters. The molecule has 10 nitrogen and oxygen atoms in total. The average molecular weight is 547 g/mol. The molecule has 13 heteroatoms. The molecule has 0 aliphatic carbocycles. The van der Waals surface area contributed by atoms with E-state index in [0.29, 0.717) is 18.1 Å². The highest BCUT2D eigenvalue weighted by atomic mass is 28.4. The maximum atomic E-state index is 11.0. The molecule has 0 fully saturated rings. The molecule has 0 saturated carbocycles. The molecule has 0 aliphatic heterocycles. The van der Waals surface area contributed by atoms with Crippen molar-refractivity contribution in [3.8, 4) is 0 Å². The van der Waals surface area contributed by atoms with E-state index in [1.165, 1.54) is 0 Å². The van der Waals surface area contributed by atoms with E-state index in [-0.39, 0.29) is 5.41 Å². The molecule has 1 N–H and O–H groups in total. The predicted octanol–water partition coefficient (Wildman–Crippen LogP) is 3.33. The molecule has 0 radical (unpaired) electrons. The van der Waals surface area contributed by atoms with Gasteiger partial charge in [-0.1, -0.05) is 0 Å². The lowest BCUT2D eigenvalue weighted by atomic mass is 9.72. The normalized spacial score (nSPS) is 14.6. The Balaban J connectivity index is 5.60. The molecular weight excluding hydrogens is 496 g/mol. The summed E-state index contributed by atoms with van der Waals surface area (Å²) in [5.41, 5.74) is -0.333. The Labute approximate surface area is 210 Å². The average Bonchev–Trinajstić information content (AvgIpc) is 2.87. The third-order valence-electron chi connectivity index (χ3n) is 7.16. The molecule has 0 bridgehead atoms. The van der Waals surface area contributed by atoms with Gasteiger partial charge < -0.3 is 44.9 Å². The summed E-state index contributed by atoms with van der Waals surface area (Å²) >= 11 is 0. The van der Waals surface area contributed by atoms with Crippen LogP contribution in [0.1, 0.15) is 45.4 Å². The standard InChI is InChI=1S/C21H50O10Si3/c1-20(22)21(14-11-17-32(23-2,24-3)25-4,15-12-18-33(26-5,27-6)28-7)16-13-19-34(29-8,30-9)31-10/h20,22H,11-19H2,1-10H3. The van der Waals surface area contributed by atoms with E-state index in [9.17, 15) is 5.11 Å². The highest BCUT2D eigenvalue weighted by Crippen LogP contribution is 2.42. The largest absolute Gasteiger partial charge is 0.500 e. The van der Waals surface area contributed by atoms with E-state index in [2.05, 4.69) is 0 Å². The van der Waals surface area contributed by atoms with Crippen LogP contribution < -0.4 is 0 Å². The van der Waals surface area contributed by atoms with Crippen LogP contribution in [0.3, 0.4) is 0 Å². The van der Waals surface area contributed by atoms with Crippen LogP contribution in [-0.2, 0) is 39.8 Å². The smallest absolute Gasteiger partial charge is 0.393 e. The number of aliphatic hydroxyl groups is 1. The van der Waals surface area contributed by atoms with Gasteiger partial charge in [-0.25, -0.2) is 0 Å². The summed E-state index contributed by atoms with van der Waals surface area (Å²) in [7, 11) is 6.50. The molecule has 0 aromatic carbocycles. The van der Waals surface area contributed by atoms with Crippen molar-refractivity contribution in [1.82, 2.24) is 0 Å². The van der Waals surface area contributed by atoms with Gasteiger partial charge in [-0.15, -0.1) is 0 Å². The van der Waals surface area contributed by atoms with Crippen molar-refractivity contribution in [3.63, 3.8) is 0 Å². The van der Waals surface area contributed by atoms with Crippen molar-refractivity contribution in [2.75, 3.05) is 64.0 Å². The lowest BCUT2D eigenvalue weighted by Crippen LogP contribution is -2.44. The van der Waals surface area contributed by atoms with Crippen LogP contribution in [0.2, 0.25) is 18.1 Å². The second-order valence-electron chi connectivity index (χ2n) is 8.49. The van der Waals surface area contributed by atoms with Crippen molar-refractivity contribution in [2.45, 2.75) is 69.7 Å². The topological polar surface area (TPSA) is 103 Å². The van der Waals surface area contributed by atoms with Crippen LogP contribution in [0.25, 0.3) is 0 Å². The second kappa shape index (κ2) is 16.9. The van der Waals surface area contributed by atoms with Crippen molar-refractivity contribution in [1.29, 1.82) is 0 Å². The summed E-state index contributed by atoms with van der Waals surface area (Å²) in [4.78, 5) is 0. The summed E-state index contributed by atoms with van der Waals surface area (Å²) in [6.45, 7) is 1.87. The molecule has 0 heterocycles. The van der Waals surface area contributed by atoms with E-state index in [1.807, 2.05) is 6.92 Å². The monoisotopic (exact) mass is 546 g/mol. The highest BCUT2D eigenvalue weighted by molar-refractivity contribution is 6.61. The molecule has 1 unspecified atom stereocenters. The molecule has 0 aromatic heterocycles. The first-order chi connectivity index (χ1) is 16.1. The fourth-order valence-electron chi connectivity index (χ4n) is 4.64. The maximum Gasteiger partial charge on any atom is 0.500 e. The van der Waals surface area contributed by atoms with E-state index in [1.54, 1.807) is 64.0 Å². The highest BCUT2D eigenvalue weighted by Gasteiger charge is 2.44. The summed E-state index contributed by atoms with van der Waals surface area (Å²) in [5, 5.41) is 11.0. The van der Waals surface area contributed by atoms with Crippen LogP contribution >= 0.6 is 0 Å². The van der Waals surface area contributed by atoms with Gasteiger partial charge in [0.15, 0.2) is 0 Å². The Hall–Kier alpha value is 0.251. The number of hydrogen-bond donors (Lipinski definition) is 1. The van der Waals surface area contributed by atoms with Crippen molar-refractivity contribution < 1.29 is 44.9 Å². The Bertz CT molecular complexity index is 426. The van der Waals surface area contributed by atoms with Crippen LogP contribution in [0.5, 0.6) is 0 Å². The van der Waals surface area contributed by atoms with Gasteiger partial charge in [0.2, 0.25) is 0 Å². The lowest BCUT2D eigenvalue weighted by Gasteiger charge is -2.39. The number of aliphatic hydroxyl groups excluding tert-OH is 1. The molecule has 0 rings (SSSR count). The minimum absolute atomic E-state index is 0.333. The summed E-state index contributed by atoms with van der Waals surface area (Å²) in [5.74, 6) is 0. The molecule has 0 spiro atoms. The van der Waals surface area contributed by atoms with E-state index in [0.717, 1.165) is 38.5 Å². The Kier molecular flexibility index (Phi) is 17.0. The third kappa shape index (κ3) is 9.61. The van der Waals surface area contributed by atoms with Crippen molar-refractivity contribution >= 4 is 26.4 Å². The molecule has 0 aromatic rings. The van der Waals surface area contributed by atoms with Crippen molar-refractivity contribution in [3.05, 3.63) is 0 Å². The molecular formula is C21H50O10Si3. The lowest BCUT2D eigenvalue weighted by molar-refractivity contribution is 0.0113. The second-order valence-corrected chi connectivity index (χ2v) is 17.8. The molecule has 34 heavy (non-hydrogen) atoms. The molecule has 0 aliphatic rings. The zero-order chi connectivity index (χ0) is 26.3. The van der Waals surface area contributed by atoms with Gasteiger partial charge in [-0.2, -0.15) is 0 Å². The van der Waals surface area contributed by atoms with Gasteiger partial charge in [0.05, 0.1) is 6.10 Å². The minimum atomic E-state index is -2.70. The summed E-state index contributed by atoms with van der Waals surface area (Å²) in [6.07, 6.45) is 4.25.